The first-order chi connectivity index (χ1) is 9.08. The first kappa shape index (κ1) is 15.9. The molecule has 0 heterocycles. The SMILES string of the molecule is CCCCN(CC)C(=O)c1cccc(CS(C)=O)c1. The summed E-state index contributed by atoms with van der Waals surface area (Å²) in [6.45, 7) is 5.65. The molecular weight excluding hydrogens is 258 g/mol. The third kappa shape index (κ3) is 5.15. The van der Waals surface area contributed by atoms with Crippen LogP contribution in [0.5, 0.6) is 0 Å². The minimum Gasteiger partial charge on any atom is -0.339 e. The van der Waals surface area contributed by atoms with Crippen molar-refractivity contribution in [1.82, 2.24) is 4.90 Å². The molecule has 0 fully saturated rings. The Kier molecular flexibility index (Phi) is 6.78. The minimum atomic E-state index is -0.880. The van der Waals surface area contributed by atoms with Crippen molar-refractivity contribution in [1.29, 1.82) is 0 Å². The summed E-state index contributed by atoms with van der Waals surface area (Å²) >= 11 is 0. The standard InChI is InChI=1S/C15H23NO2S/c1-4-6-10-16(5-2)15(17)14-9-7-8-13(11-14)12-19(3)18/h7-9,11H,4-6,10,12H2,1-3H3. The van der Waals surface area contributed by atoms with Crippen molar-refractivity contribution in [2.24, 2.45) is 0 Å². The van der Waals surface area contributed by atoms with Gasteiger partial charge in [0.25, 0.3) is 5.91 Å². The molecule has 1 aromatic carbocycles. The van der Waals surface area contributed by atoms with Crippen LogP contribution in [0.1, 0.15) is 42.6 Å². The smallest absolute Gasteiger partial charge is 0.253 e. The predicted octanol–water partition coefficient (Wildman–Crippen LogP) is 2.83. The van der Waals surface area contributed by atoms with Crippen LogP contribution in [0.2, 0.25) is 0 Å². The van der Waals surface area contributed by atoms with Crippen molar-refractivity contribution >= 4 is 16.7 Å². The topological polar surface area (TPSA) is 37.4 Å². The van der Waals surface area contributed by atoms with Crippen molar-refractivity contribution in [3.8, 4) is 0 Å². The number of benzene rings is 1. The molecule has 4 heteroatoms. The quantitative estimate of drug-likeness (QED) is 0.770. The van der Waals surface area contributed by atoms with Gasteiger partial charge in [-0.15, -0.1) is 0 Å². The molecule has 106 valence electrons. The molecular formula is C15H23NO2S. The normalized spacial score (nSPS) is 12.2. The third-order valence-corrected chi connectivity index (χ3v) is 3.73. The van der Waals surface area contributed by atoms with Crippen LogP contribution in [0.3, 0.4) is 0 Å². The molecule has 1 amide bonds. The maximum absolute atomic E-state index is 12.4. The fraction of sp³-hybridized carbons (Fsp3) is 0.533. The van der Waals surface area contributed by atoms with Crippen LogP contribution in [0.25, 0.3) is 0 Å². The van der Waals surface area contributed by atoms with E-state index in [1.807, 2.05) is 36.1 Å². The molecule has 1 aromatic rings. The molecule has 0 aromatic heterocycles. The highest BCUT2D eigenvalue weighted by molar-refractivity contribution is 7.83. The summed E-state index contributed by atoms with van der Waals surface area (Å²) < 4.78 is 11.2. The average Bonchev–Trinajstić information content (AvgIpc) is 2.39. The van der Waals surface area contributed by atoms with Gasteiger partial charge < -0.3 is 4.90 Å². The van der Waals surface area contributed by atoms with Gasteiger partial charge in [0.15, 0.2) is 0 Å². The van der Waals surface area contributed by atoms with E-state index in [1.54, 1.807) is 6.26 Å². The molecule has 0 aliphatic carbocycles. The van der Waals surface area contributed by atoms with E-state index >= 15 is 0 Å². The zero-order valence-corrected chi connectivity index (χ0v) is 12.8. The lowest BCUT2D eigenvalue weighted by molar-refractivity contribution is 0.0762. The van der Waals surface area contributed by atoms with Crippen molar-refractivity contribution < 1.29 is 9.00 Å². The number of amides is 1. The Morgan fingerprint density at radius 3 is 2.63 bits per heavy atom. The molecule has 1 unspecified atom stereocenters. The lowest BCUT2D eigenvalue weighted by atomic mass is 10.1. The molecule has 0 aliphatic heterocycles. The number of nitrogens with zero attached hydrogens (tertiary/aromatic N) is 1. The van der Waals surface area contributed by atoms with Gasteiger partial charge in [-0.3, -0.25) is 9.00 Å². The van der Waals surface area contributed by atoms with E-state index in [1.165, 1.54) is 0 Å². The number of carbonyl (C=O) groups excluding carboxylic acids is 1. The second-order valence-corrected chi connectivity index (χ2v) is 6.09. The van der Waals surface area contributed by atoms with Crippen LogP contribution in [0.15, 0.2) is 24.3 Å². The average molecular weight is 281 g/mol. The lowest BCUT2D eigenvalue weighted by Gasteiger charge is -2.20. The van der Waals surface area contributed by atoms with Gasteiger partial charge >= 0.3 is 0 Å². The highest BCUT2D eigenvalue weighted by Crippen LogP contribution is 2.11. The maximum Gasteiger partial charge on any atom is 0.253 e. The summed E-state index contributed by atoms with van der Waals surface area (Å²) in [6.07, 6.45) is 3.78. The third-order valence-electron chi connectivity index (χ3n) is 2.99. The van der Waals surface area contributed by atoms with Crippen molar-refractivity contribution in [3.05, 3.63) is 35.4 Å². The van der Waals surface area contributed by atoms with Crippen LogP contribution in [0.4, 0.5) is 0 Å². The Bertz CT molecular complexity index is 446. The van der Waals surface area contributed by atoms with Gasteiger partial charge in [0.1, 0.15) is 0 Å². The molecule has 0 aliphatic rings. The van der Waals surface area contributed by atoms with Gasteiger partial charge in [-0.2, -0.15) is 0 Å². The zero-order chi connectivity index (χ0) is 14.3. The van der Waals surface area contributed by atoms with Crippen LogP contribution in [-0.2, 0) is 16.6 Å². The number of hydrogen-bond donors (Lipinski definition) is 0. The van der Waals surface area contributed by atoms with Gasteiger partial charge in [-0.05, 0) is 31.0 Å². The highest BCUT2D eigenvalue weighted by Gasteiger charge is 2.13. The Hall–Kier alpha value is -1.16. The monoisotopic (exact) mass is 281 g/mol. The van der Waals surface area contributed by atoms with Gasteiger partial charge in [0.2, 0.25) is 0 Å². The summed E-state index contributed by atoms with van der Waals surface area (Å²) in [6, 6.07) is 7.47. The van der Waals surface area contributed by atoms with Crippen molar-refractivity contribution in [2.45, 2.75) is 32.4 Å². The van der Waals surface area contributed by atoms with E-state index in [9.17, 15) is 9.00 Å². The summed E-state index contributed by atoms with van der Waals surface area (Å²) in [5.41, 5.74) is 1.65. The van der Waals surface area contributed by atoms with Crippen LogP contribution < -0.4 is 0 Å². The van der Waals surface area contributed by atoms with Crippen molar-refractivity contribution in [3.63, 3.8) is 0 Å². The fourth-order valence-electron chi connectivity index (χ4n) is 1.96. The molecule has 0 radical (unpaired) electrons. The predicted molar refractivity (Wildman–Crippen MR) is 80.7 cm³/mol. The van der Waals surface area contributed by atoms with Gasteiger partial charge in [-0.25, -0.2) is 0 Å². The van der Waals surface area contributed by atoms with E-state index < -0.39 is 10.8 Å². The van der Waals surface area contributed by atoms with Gasteiger partial charge in [-0.1, -0.05) is 25.5 Å². The second kappa shape index (κ2) is 8.10. The minimum absolute atomic E-state index is 0.0692. The molecule has 1 atom stereocenters. The summed E-state index contributed by atoms with van der Waals surface area (Å²) in [5.74, 6) is 0.571. The second-order valence-electron chi connectivity index (χ2n) is 4.66. The molecule has 0 saturated heterocycles. The molecule has 19 heavy (non-hydrogen) atoms. The molecule has 0 bridgehead atoms. The highest BCUT2D eigenvalue weighted by atomic mass is 32.2. The first-order valence-electron chi connectivity index (χ1n) is 6.76. The summed E-state index contributed by atoms with van der Waals surface area (Å²) in [4.78, 5) is 14.2. The summed E-state index contributed by atoms with van der Waals surface area (Å²) in [7, 11) is -0.880. The first-order valence-corrected chi connectivity index (χ1v) is 8.49. The van der Waals surface area contributed by atoms with Gasteiger partial charge in [0, 0.05) is 41.5 Å². The molecule has 0 saturated carbocycles. The Balaban J connectivity index is 2.82. The zero-order valence-electron chi connectivity index (χ0n) is 12.0. The van der Waals surface area contributed by atoms with Crippen LogP contribution >= 0.6 is 0 Å². The van der Waals surface area contributed by atoms with E-state index in [0.29, 0.717) is 11.3 Å². The van der Waals surface area contributed by atoms with Crippen LogP contribution in [0, 0.1) is 0 Å². The largest absolute Gasteiger partial charge is 0.339 e. The van der Waals surface area contributed by atoms with E-state index in [2.05, 4.69) is 6.92 Å². The summed E-state index contributed by atoms with van der Waals surface area (Å²) in [5, 5.41) is 0. The Labute approximate surface area is 118 Å². The maximum atomic E-state index is 12.4. The van der Waals surface area contributed by atoms with Crippen molar-refractivity contribution in [2.75, 3.05) is 19.3 Å². The van der Waals surface area contributed by atoms with E-state index in [-0.39, 0.29) is 5.91 Å². The molecule has 3 nitrogen and oxygen atoms in total. The lowest BCUT2D eigenvalue weighted by Crippen LogP contribution is -2.31. The molecule has 0 spiro atoms. The fourth-order valence-corrected chi connectivity index (χ4v) is 2.61. The Morgan fingerprint density at radius 2 is 2.05 bits per heavy atom. The Morgan fingerprint density at radius 1 is 1.32 bits per heavy atom. The number of unbranched alkanes of at least 4 members (excludes halogenated alkanes) is 1. The van der Waals surface area contributed by atoms with Crippen LogP contribution in [-0.4, -0.2) is 34.4 Å². The number of rotatable bonds is 7. The van der Waals surface area contributed by atoms with E-state index in [4.69, 9.17) is 0 Å². The number of carbonyl (C=O) groups is 1. The van der Waals surface area contributed by atoms with E-state index in [0.717, 1.165) is 31.5 Å². The number of hydrogen-bond acceptors (Lipinski definition) is 2. The molecule has 1 rings (SSSR count). The van der Waals surface area contributed by atoms with Gasteiger partial charge in [0.05, 0.1) is 0 Å². The molecule has 0 N–H and O–H groups in total.